The lowest BCUT2D eigenvalue weighted by Gasteiger charge is -2.19. The Morgan fingerprint density at radius 2 is 1.73 bits per heavy atom. The minimum atomic E-state index is -1.37. The van der Waals surface area contributed by atoms with E-state index >= 15 is 0 Å². The van der Waals surface area contributed by atoms with E-state index in [1.807, 2.05) is 49.4 Å². The Balaban J connectivity index is 1.90. The van der Waals surface area contributed by atoms with E-state index in [0.717, 1.165) is 23.3 Å². The average Bonchev–Trinajstić information content (AvgIpc) is 3.21. The number of benzene rings is 2. The number of hydrogen-bond donors (Lipinski definition) is 1. The zero-order valence-electron chi connectivity index (χ0n) is 15.6. The van der Waals surface area contributed by atoms with Crippen molar-refractivity contribution in [1.29, 1.82) is 0 Å². The molecule has 0 amide bonds. The van der Waals surface area contributed by atoms with Crippen LogP contribution in [0.3, 0.4) is 0 Å². The molecule has 0 spiro atoms. The first kappa shape index (κ1) is 19.6. The maximum atomic E-state index is 13.4. The Morgan fingerprint density at radius 1 is 1.12 bits per heavy atom. The lowest BCUT2D eigenvalue weighted by molar-refractivity contribution is 0.179. The highest BCUT2D eigenvalue weighted by atomic mass is 35.5. The fourth-order valence-electron chi connectivity index (χ4n) is 4.37. The monoisotopic (exact) mass is 390 g/mol. The van der Waals surface area contributed by atoms with Crippen LogP contribution in [0.4, 0.5) is 0 Å². The first-order valence-electron chi connectivity index (χ1n) is 9.19. The van der Waals surface area contributed by atoms with Gasteiger partial charge in [-0.2, -0.15) is 0 Å². The molecule has 1 saturated carbocycles. The fraction of sp³-hybridized carbons (Fsp3) is 0.455. The van der Waals surface area contributed by atoms with E-state index in [9.17, 15) is 9.32 Å². The zero-order chi connectivity index (χ0) is 18.9. The Hall–Kier alpha value is -1.16. The Morgan fingerprint density at radius 3 is 2.27 bits per heavy atom. The van der Waals surface area contributed by atoms with Crippen LogP contribution in [0.1, 0.15) is 31.4 Å². The molecule has 4 atom stereocenters. The minimum Gasteiger partial charge on any atom is -0.396 e. The van der Waals surface area contributed by atoms with Gasteiger partial charge in [0.2, 0.25) is 0 Å². The second kappa shape index (κ2) is 7.46. The summed E-state index contributed by atoms with van der Waals surface area (Å²) in [4.78, 5) is 0.742. The van der Waals surface area contributed by atoms with Gasteiger partial charge in [-0.3, -0.25) is 4.21 Å². The lowest BCUT2D eigenvalue weighted by Crippen LogP contribution is -2.24. The maximum absolute atomic E-state index is 13.4. The Kier molecular flexibility index (Phi) is 5.62. The molecule has 2 aromatic carbocycles. The van der Waals surface area contributed by atoms with Crippen LogP contribution in [0.15, 0.2) is 59.5 Å². The summed E-state index contributed by atoms with van der Waals surface area (Å²) in [7, 11) is -1.37. The number of hydrogen-bond acceptors (Lipinski definition) is 2. The highest BCUT2D eigenvalue weighted by Crippen LogP contribution is 2.73. The van der Waals surface area contributed by atoms with Crippen LogP contribution in [0.2, 0.25) is 0 Å². The van der Waals surface area contributed by atoms with Gasteiger partial charge in [-0.15, -0.1) is 11.6 Å². The number of halogens is 1. The first-order valence-corrected chi connectivity index (χ1v) is 10.7. The molecule has 0 aromatic heterocycles. The van der Waals surface area contributed by atoms with Crippen molar-refractivity contribution >= 4 is 22.4 Å². The lowest BCUT2D eigenvalue weighted by atomic mass is 9.91. The van der Waals surface area contributed by atoms with Gasteiger partial charge in [0, 0.05) is 16.2 Å². The van der Waals surface area contributed by atoms with Gasteiger partial charge in [0.25, 0.3) is 0 Å². The number of aryl methyl sites for hydroxylation is 2. The number of alkyl halides is 1. The molecule has 1 aliphatic carbocycles. The second-order valence-corrected chi connectivity index (χ2v) is 10.2. The van der Waals surface area contributed by atoms with Crippen LogP contribution >= 0.6 is 11.6 Å². The number of aliphatic hydroxyl groups is 1. The molecule has 4 heteroatoms. The number of aliphatic hydroxyl groups excluding tert-OH is 1. The van der Waals surface area contributed by atoms with Crippen molar-refractivity contribution in [3.8, 4) is 0 Å². The molecule has 1 unspecified atom stereocenters. The van der Waals surface area contributed by atoms with Crippen molar-refractivity contribution in [3.05, 3.63) is 65.7 Å². The molecule has 1 aliphatic rings. The van der Waals surface area contributed by atoms with Crippen LogP contribution < -0.4 is 0 Å². The summed E-state index contributed by atoms with van der Waals surface area (Å²) in [5.74, 6) is 0.275. The smallest absolute Gasteiger partial charge is 0.136 e. The van der Waals surface area contributed by atoms with Gasteiger partial charge in [0.05, 0.1) is 17.4 Å². The van der Waals surface area contributed by atoms with Gasteiger partial charge in [0.1, 0.15) is 4.21 Å². The van der Waals surface area contributed by atoms with Gasteiger partial charge in [-0.05, 0) is 43.4 Å². The molecule has 1 fully saturated rings. The molecule has 0 heterocycles. The van der Waals surface area contributed by atoms with Crippen LogP contribution in [0, 0.1) is 24.2 Å². The van der Waals surface area contributed by atoms with E-state index in [4.69, 9.17) is 11.6 Å². The SMILES string of the molecule is Cc1ccc(S(=O)[C@@]2(Cl)[C@H](C(C)C)[C@]2(CO)CCc2ccccc2)cc1. The highest BCUT2D eigenvalue weighted by Gasteiger charge is 2.79. The Labute approximate surface area is 164 Å². The largest absolute Gasteiger partial charge is 0.396 e. The van der Waals surface area contributed by atoms with Crippen LogP contribution in [0.5, 0.6) is 0 Å². The molecule has 140 valence electrons. The third-order valence-corrected chi connectivity index (χ3v) is 8.68. The average molecular weight is 391 g/mol. The summed E-state index contributed by atoms with van der Waals surface area (Å²) in [6.45, 7) is 6.18. The molecule has 2 nitrogen and oxygen atoms in total. The second-order valence-electron chi connectivity index (χ2n) is 7.75. The highest BCUT2D eigenvalue weighted by molar-refractivity contribution is 7.88. The van der Waals surface area contributed by atoms with E-state index in [1.54, 1.807) is 0 Å². The quantitative estimate of drug-likeness (QED) is 0.680. The van der Waals surface area contributed by atoms with Gasteiger partial charge in [-0.1, -0.05) is 61.9 Å². The minimum absolute atomic E-state index is 0.0208. The van der Waals surface area contributed by atoms with Crippen molar-refractivity contribution < 1.29 is 9.32 Å². The van der Waals surface area contributed by atoms with Gasteiger partial charge in [0.15, 0.2) is 0 Å². The summed E-state index contributed by atoms with van der Waals surface area (Å²) in [6.07, 6.45) is 1.56. The zero-order valence-corrected chi connectivity index (χ0v) is 17.2. The molecular weight excluding hydrogens is 364 g/mol. The molecule has 0 aliphatic heterocycles. The van der Waals surface area contributed by atoms with Crippen LogP contribution in [-0.2, 0) is 17.2 Å². The molecule has 0 bridgehead atoms. The summed E-state index contributed by atoms with van der Waals surface area (Å²) in [5.41, 5.74) is 1.83. The van der Waals surface area contributed by atoms with Crippen molar-refractivity contribution in [2.45, 2.75) is 42.7 Å². The molecule has 2 aromatic rings. The van der Waals surface area contributed by atoms with Crippen LogP contribution in [-0.4, -0.2) is 20.1 Å². The van der Waals surface area contributed by atoms with Crippen molar-refractivity contribution in [2.24, 2.45) is 17.3 Å². The molecular formula is C22H27ClO2S. The fourth-order valence-corrected chi connectivity index (χ4v) is 7.38. The normalized spacial score (nSPS) is 28.9. The maximum Gasteiger partial charge on any atom is 0.136 e. The van der Waals surface area contributed by atoms with E-state index in [1.165, 1.54) is 5.56 Å². The van der Waals surface area contributed by atoms with Crippen LogP contribution in [0.25, 0.3) is 0 Å². The van der Waals surface area contributed by atoms with E-state index < -0.39 is 20.4 Å². The molecule has 3 rings (SSSR count). The molecule has 1 N–H and O–H groups in total. The van der Waals surface area contributed by atoms with E-state index in [-0.39, 0.29) is 18.4 Å². The van der Waals surface area contributed by atoms with E-state index in [2.05, 4.69) is 26.0 Å². The first-order chi connectivity index (χ1) is 12.4. The summed E-state index contributed by atoms with van der Waals surface area (Å²) in [6, 6.07) is 17.9. The van der Waals surface area contributed by atoms with Crippen molar-refractivity contribution in [2.75, 3.05) is 6.61 Å². The standard InChI is InChI=1S/C22H27ClO2S/c1-16(2)20-21(15-24,14-13-18-7-5-4-6-8-18)22(20,23)26(25)19-11-9-17(3)10-12-19/h4-12,16,20,24H,13-15H2,1-3H3/t20-,21-,22+,26?/m1/s1. The predicted molar refractivity (Wildman–Crippen MR) is 109 cm³/mol. The number of rotatable bonds is 7. The third kappa shape index (κ3) is 3.15. The Bertz CT molecular complexity index is 774. The van der Waals surface area contributed by atoms with Gasteiger partial charge >= 0.3 is 0 Å². The van der Waals surface area contributed by atoms with E-state index in [0.29, 0.717) is 0 Å². The molecule has 26 heavy (non-hydrogen) atoms. The van der Waals surface area contributed by atoms with Gasteiger partial charge < -0.3 is 5.11 Å². The third-order valence-electron chi connectivity index (χ3n) is 5.75. The molecule has 0 radical (unpaired) electrons. The summed E-state index contributed by atoms with van der Waals surface area (Å²) < 4.78 is 12.5. The summed E-state index contributed by atoms with van der Waals surface area (Å²) >= 11 is 7.06. The summed E-state index contributed by atoms with van der Waals surface area (Å²) in [5, 5.41) is 10.3. The van der Waals surface area contributed by atoms with Crippen molar-refractivity contribution in [3.63, 3.8) is 0 Å². The predicted octanol–water partition coefficient (Wildman–Crippen LogP) is 4.94. The van der Waals surface area contributed by atoms with Crippen molar-refractivity contribution in [1.82, 2.24) is 0 Å². The molecule has 0 saturated heterocycles. The topological polar surface area (TPSA) is 37.3 Å². The van der Waals surface area contributed by atoms with Gasteiger partial charge in [-0.25, -0.2) is 0 Å².